The van der Waals surface area contributed by atoms with E-state index in [4.69, 9.17) is 38.9 Å². The van der Waals surface area contributed by atoms with Gasteiger partial charge in [0, 0.05) is 10.6 Å². The topological polar surface area (TPSA) is 76.1 Å². The number of ether oxygens (including phenoxy) is 1. The van der Waals surface area contributed by atoms with Crippen LogP contribution in [0.3, 0.4) is 0 Å². The summed E-state index contributed by atoms with van der Waals surface area (Å²) in [4.78, 5) is 10.9. The van der Waals surface area contributed by atoms with Gasteiger partial charge >= 0.3 is 0 Å². The van der Waals surface area contributed by atoms with Gasteiger partial charge in [0.2, 0.25) is 5.91 Å². The molecule has 2 aromatic carbocycles. The largest absolute Gasteiger partial charge is 0.453 e. The molecule has 1 amide bonds. The lowest BCUT2D eigenvalue weighted by atomic mass is 10.1. The third-order valence-corrected chi connectivity index (χ3v) is 3.23. The van der Waals surface area contributed by atoms with E-state index in [2.05, 4.69) is 0 Å². The molecule has 7 heteroatoms. The highest BCUT2D eigenvalue weighted by Gasteiger charge is 2.16. The van der Waals surface area contributed by atoms with Crippen LogP contribution < -0.4 is 10.5 Å². The minimum Gasteiger partial charge on any atom is -0.453 e. The predicted octanol–water partition coefficient (Wildman–Crippen LogP) is 3.82. The number of nitrogens with zero attached hydrogens (tertiary/aromatic N) is 1. The number of carbonyl (C=O) groups is 1. The number of nitrogens with two attached hydrogens (primary N) is 1. The lowest BCUT2D eigenvalue weighted by Crippen LogP contribution is -2.14. The first-order valence-electron chi connectivity index (χ1n) is 6.04. The third-order valence-electron chi connectivity index (χ3n) is 2.71. The van der Waals surface area contributed by atoms with Gasteiger partial charge in [-0.2, -0.15) is 5.26 Å². The number of carbonyl (C=O) groups excluding carboxylic acids is 1. The van der Waals surface area contributed by atoms with Crippen molar-refractivity contribution in [1.29, 1.82) is 5.26 Å². The van der Waals surface area contributed by atoms with Crippen LogP contribution in [0.15, 0.2) is 30.3 Å². The van der Waals surface area contributed by atoms with Crippen molar-refractivity contribution in [3.8, 4) is 17.6 Å². The molecule has 0 saturated heterocycles. The van der Waals surface area contributed by atoms with Crippen LogP contribution in [0.4, 0.5) is 4.39 Å². The van der Waals surface area contributed by atoms with Gasteiger partial charge in [0.05, 0.1) is 23.1 Å². The minimum atomic E-state index is -0.787. The fraction of sp³-hybridized carbons (Fsp3) is 0.0667. The molecule has 0 aliphatic carbocycles. The Morgan fingerprint density at radius 1 is 1.32 bits per heavy atom. The fourth-order valence-electron chi connectivity index (χ4n) is 1.80. The van der Waals surface area contributed by atoms with Gasteiger partial charge in [-0.3, -0.25) is 4.79 Å². The number of rotatable bonds is 4. The Labute approximate surface area is 135 Å². The number of primary amides is 1. The average Bonchev–Trinajstić information content (AvgIpc) is 2.45. The molecule has 4 nitrogen and oxygen atoms in total. The summed E-state index contributed by atoms with van der Waals surface area (Å²) in [6.07, 6.45) is -0.279. The molecule has 0 radical (unpaired) electrons. The Bertz CT molecular complexity index is 788. The molecule has 0 aliphatic heterocycles. The van der Waals surface area contributed by atoms with E-state index in [-0.39, 0.29) is 39.1 Å². The zero-order valence-corrected chi connectivity index (χ0v) is 12.6. The quantitative estimate of drug-likeness (QED) is 0.920. The molecular weight excluding hydrogens is 330 g/mol. The van der Waals surface area contributed by atoms with Gasteiger partial charge in [-0.1, -0.05) is 29.3 Å². The van der Waals surface area contributed by atoms with Crippen molar-refractivity contribution < 1.29 is 13.9 Å². The van der Waals surface area contributed by atoms with Crippen molar-refractivity contribution >= 4 is 29.1 Å². The molecule has 0 heterocycles. The van der Waals surface area contributed by atoms with Gasteiger partial charge in [-0.15, -0.1) is 0 Å². The number of hydrogen-bond acceptors (Lipinski definition) is 3. The number of amides is 1. The van der Waals surface area contributed by atoms with Crippen molar-refractivity contribution in [3.05, 3.63) is 57.3 Å². The molecule has 112 valence electrons. The first-order valence-corrected chi connectivity index (χ1v) is 6.80. The maximum Gasteiger partial charge on any atom is 0.221 e. The first kappa shape index (κ1) is 16.1. The molecule has 0 saturated carbocycles. The second-order valence-corrected chi connectivity index (χ2v) is 5.23. The van der Waals surface area contributed by atoms with Crippen LogP contribution in [0, 0.1) is 17.1 Å². The Kier molecular flexibility index (Phi) is 4.86. The number of hydrogen-bond donors (Lipinski definition) is 1. The van der Waals surface area contributed by atoms with E-state index in [1.54, 1.807) is 0 Å². The molecule has 0 bridgehead atoms. The van der Waals surface area contributed by atoms with E-state index < -0.39 is 11.7 Å². The molecule has 2 rings (SSSR count). The number of nitriles is 1. The van der Waals surface area contributed by atoms with Gasteiger partial charge in [0.25, 0.3) is 0 Å². The summed E-state index contributed by atoms with van der Waals surface area (Å²) in [5.74, 6) is -1.57. The van der Waals surface area contributed by atoms with E-state index in [0.29, 0.717) is 0 Å². The maximum absolute atomic E-state index is 14.3. The summed E-state index contributed by atoms with van der Waals surface area (Å²) in [6, 6.07) is 8.91. The highest BCUT2D eigenvalue weighted by atomic mass is 35.5. The fourth-order valence-corrected chi connectivity index (χ4v) is 2.20. The number of benzene rings is 2. The molecule has 0 aliphatic rings. The van der Waals surface area contributed by atoms with Crippen LogP contribution >= 0.6 is 23.2 Å². The zero-order valence-electron chi connectivity index (χ0n) is 11.1. The summed E-state index contributed by atoms with van der Waals surface area (Å²) >= 11 is 11.8. The molecule has 0 spiro atoms. The van der Waals surface area contributed by atoms with Gasteiger partial charge in [0.1, 0.15) is 5.75 Å². The van der Waals surface area contributed by atoms with Crippen molar-refractivity contribution in [2.24, 2.45) is 5.73 Å². The molecule has 22 heavy (non-hydrogen) atoms. The van der Waals surface area contributed by atoms with Crippen LogP contribution in [0.5, 0.6) is 11.5 Å². The lowest BCUT2D eigenvalue weighted by Gasteiger charge is -2.11. The summed E-state index contributed by atoms with van der Waals surface area (Å²) in [7, 11) is 0. The summed E-state index contributed by atoms with van der Waals surface area (Å²) < 4.78 is 19.7. The Hall–Kier alpha value is -2.29. The average molecular weight is 339 g/mol. The third kappa shape index (κ3) is 3.67. The van der Waals surface area contributed by atoms with E-state index in [9.17, 15) is 9.18 Å². The van der Waals surface area contributed by atoms with Crippen LogP contribution in [0.1, 0.15) is 11.1 Å². The summed E-state index contributed by atoms with van der Waals surface area (Å²) in [5.41, 5.74) is 5.38. The highest BCUT2D eigenvalue weighted by Crippen LogP contribution is 2.35. The second kappa shape index (κ2) is 6.65. The molecule has 0 aromatic heterocycles. The smallest absolute Gasteiger partial charge is 0.221 e. The van der Waals surface area contributed by atoms with E-state index >= 15 is 0 Å². The highest BCUT2D eigenvalue weighted by molar-refractivity contribution is 6.32. The van der Waals surface area contributed by atoms with E-state index in [1.807, 2.05) is 6.07 Å². The van der Waals surface area contributed by atoms with Crippen molar-refractivity contribution in [1.82, 2.24) is 0 Å². The van der Waals surface area contributed by atoms with Crippen molar-refractivity contribution in [2.45, 2.75) is 6.42 Å². The molecule has 0 unspecified atom stereocenters. The Balaban J connectivity index is 2.43. The Morgan fingerprint density at radius 3 is 2.68 bits per heavy atom. The molecule has 0 fully saturated rings. The molecule has 2 N–H and O–H groups in total. The normalized spacial score (nSPS) is 10.1. The van der Waals surface area contributed by atoms with Gasteiger partial charge < -0.3 is 10.5 Å². The monoisotopic (exact) mass is 338 g/mol. The molecular formula is C15H9Cl2FN2O2. The standard InChI is InChI=1S/C15H9Cl2FN2O2/c16-10-3-8(7-19)4-11(6-10)22-15-12(17)2-1-9(14(15)18)5-13(20)21/h1-4,6H,5H2,(H2,20,21). The van der Waals surface area contributed by atoms with Gasteiger partial charge in [0.15, 0.2) is 11.6 Å². The SMILES string of the molecule is N#Cc1cc(Cl)cc(Oc2c(Cl)ccc(CC(N)=O)c2F)c1. The van der Waals surface area contributed by atoms with E-state index in [1.165, 1.54) is 30.3 Å². The van der Waals surface area contributed by atoms with Crippen molar-refractivity contribution in [2.75, 3.05) is 0 Å². The predicted molar refractivity (Wildman–Crippen MR) is 80.5 cm³/mol. The van der Waals surface area contributed by atoms with Crippen molar-refractivity contribution in [3.63, 3.8) is 0 Å². The summed E-state index contributed by atoms with van der Waals surface area (Å²) in [5, 5.41) is 9.17. The minimum absolute atomic E-state index is 0.0178. The van der Waals surface area contributed by atoms with Gasteiger partial charge in [-0.25, -0.2) is 4.39 Å². The Morgan fingerprint density at radius 2 is 2.05 bits per heavy atom. The van der Waals surface area contributed by atoms with Gasteiger partial charge in [-0.05, 0) is 24.3 Å². The van der Waals surface area contributed by atoms with Crippen LogP contribution in [0.25, 0.3) is 0 Å². The molecule has 2 aromatic rings. The first-order chi connectivity index (χ1) is 10.4. The number of halogens is 3. The summed E-state index contributed by atoms with van der Waals surface area (Å²) in [6.45, 7) is 0. The maximum atomic E-state index is 14.3. The second-order valence-electron chi connectivity index (χ2n) is 4.38. The van der Waals surface area contributed by atoms with Crippen LogP contribution in [-0.2, 0) is 11.2 Å². The van der Waals surface area contributed by atoms with Crippen LogP contribution in [0.2, 0.25) is 10.0 Å². The van der Waals surface area contributed by atoms with E-state index in [0.717, 1.165) is 0 Å². The van der Waals surface area contributed by atoms with Crippen LogP contribution in [-0.4, -0.2) is 5.91 Å². The molecule has 0 atom stereocenters. The zero-order chi connectivity index (χ0) is 16.3. The lowest BCUT2D eigenvalue weighted by molar-refractivity contribution is -0.117.